The molecule has 0 unspecified atom stereocenters. The van der Waals surface area contributed by atoms with Crippen LogP contribution >= 0.6 is 34.2 Å². The lowest BCUT2D eigenvalue weighted by molar-refractivity contribution is 0.00552. The van der Waals surface area contributed by atoms with Gasteiger partial charge in [-0.05, 0) is 50.3 Å². The van der Waals surface area contributed by atoms with Crippen molar-refractivity contribution in [1.29, 1.82) is 0 Å². The van der Waals surface area contributed by atoms with Crippen molar-refractivity contribution in [2.24, 2.45) is 0 Å². The van der Waals surface area contributed by atoms with Crippen molar-refractivity contribution in [2.75, 3.05) is 0 Å². The molecule has 4 nitrogen and oxygen atoms in total. The van der Waals surface area contributed by atoms with Crippen LogP contribution in [0.3, 0.4) is 0 Å². The number of hydrogen-bond donors (Lipinski definition) is 0. The Morgan fingerprint density at radius 3 is 2.38 bits per heavy atom. The fourth-order valence-corrected chi connectivity index (χ4v) is 1.40. The molecule has 1 aromatic rings. The molecular weight excluding hydrogens is 342 g/mol. The minimum absolute atomic E-state index is 0.00200. The van der Waals surface area contributed by atoms with E-state index in [0.29, 0.717) is 5.69 Å². The van der Waals surface area contributed by atoms with Crippen molar-refractivity contribution in [1.82, 2.24) is 9.97 Å². The Hall–Kier alpha value is -0.430. The van der Waals surface area contributed by atoms with E-state index in [-0.39, 0.29) is 11.0 Å². The topological polar surface area (TPSA) is 52.1 Å². The molecule has 0 spiro atoms. The Balaban J connectivity index is 3.02. The number of carbonyl (C=O) groups is 1. The molecule has 0 atom stereocenters. The maximum atomic E-state index is 11.7. The van der Waals surface area contributed by atoms with Crippen molar-refractivity contribution >= 4 is 40.2 Å². The second kappa shape index (κ2) is 4.83. The Morgan fingerprint density at radius 2 is 1.94 bits per heavy atom. The Bertz CT molecular complexity index is 406. The van der Waals surface area contributed by atoms with E-state index >= 15 is 0 Å². The first kappa shape index (κ1) is 13.6. The average molecular weight is 355 g/mol. The summed E-state index contributed by atoms with van der Waals surface area (Å²) in [5.74, 6) is -0.563. The summed E-state index contributed by atoms with van der Waals surface area (Å²) >= 11 is 7.90. The van der Waals surface area contributed by atoms with E-state index in [1.807, 2.05) is 22.6 Å². The zero-order valence-electron chi connectivity index (χ0n) is 9.47. The third-order valence-corrected chi connectivity index (χ3v) is 3.44. The average Bonchev–Trinajstić information content (AvgIpc) is 2.10. The van der Waals surface area contributed by atoms with Crippen LogP contribution in [0, 0.1) is 10.5 Å². The van der Waals surface area contributed by atoms with Gasteiger partial charge in [0.1, 0.15) is 10.8 Å². The molecule has 0 fully saturated rings. The molecule has 0 aliphatic heterocycles. The summed E-state index contributed by atoms with van der Waals surface area (Å²) in [7, 11) is 0. The lowest BCUT2D eigenvalue weighted by Crippen LogP contribution is -2.25. The number of esters is 1. The van der Waals surface area contributed by atoms with Gasteiger partial charge in [0.05, 0.1) is 9.26 Å². The fourth-order valence-electron chi connectivity index (χ4n) is 0.939. The van der Waals surface area contributed by atoms with Gasteiger partial charge >= 0.3 is 5.97 Å². The third kappa shape index (κ3) is 3.55. The van der Waals surface area contributed by atoms with Crippen LogP contribution in [0.15, 0.2) is 0 Å². The molecule has 0 aliphatic rings. The monoisotopic (exact) mass is 354 g/mol. The summed E-state index contributed by atoms with van der Waals surface area (Å²) in [5.41, 5.74) is 0.102. The Morgan fingerprint density at radius 1 is 1.38 bits per heavy atom. The van der Waals surface area contributed by atoms with E-state index in [1.165, 1.54) is 0 Å². The summed E-state index contributed by atoms with van der Waals surface area (Å²) in [6.07, 6.45) is 0. The highest BCUT2D eigenvalue weighted by Crippen LogP contribution is 2.19. The van der Waals surface area contributed by atoms with E-state index in [4.69, 9.17) is 16.3 Å². The van der Waals surface area contributed by atoms with Crippen LogP contribution in [-0.4, -0.2) is 21.5 Å². The Kier molecular flexibility index (Phi) is 4.12. The molecule has 0 saturated heterocycles. The summed E-state index contributed by atoms with van der Waals surface area (Å²) in [6, 6.07) is 0. The van der Waals surface area contributed by atoms with Gasteiger partial charge in [0.25, 0.3) is 0 Å². The molecule has 0 saturated carbocycles. The first-order valence-electron chi connectivity index (χ1n) is 4.63. The van der Waals surface area contributed by atoms with Gasteiger partial charge in [-0.25, -0.2) is 14.8 Å². The predicted molar refractivity (Wildman–Crippen MR) is 69.7 cm³/mol. The second-order valence-corrected chi connectivity index (χ2v) is 5.68. The number of carbonyl (C=O) groups excluding carboxylic acids is 1. The minimum Gasteiger partial charge on any atom is -0.454 e. The van der Waals surface area contributed by atoms with Gasteiger partial charge < -0.3 is 4.74 Å². The predicted octanol–water partition coefficient (Wildman–Crippen LogP) is 3.00. The minimum atomic E-state index is -0.566. The molecule has 0 aliphatic carbocycles. The zero-order valence-corrected chi connectivity index (χ0v) is 12.4. The van der Waals surface area contributed by atoms with Crippen LogP contribution in [0.4, 0.5) is 0 Å². The van der Waals surface area contributed by atoms with Gasteiger partial charge in [-0.3, -0.25) is 0 Å². The van der Waals surface area contributed by atoms with Gasteiger partial charge in [0, 0.05) is 0 Å². The molecule has 1 heterocycles. The second-order valence-electron chi connectivity index (χ2n) is 4.24. The maximum absolute atomic E-state index is 11.7. The van der Waals surface area contributed by atoms with Gasteiger partial charge in [-0.2, -0.15) is 0 Å². The zero-order chi connectivity index (χ0) is 12.5. The van der Waals surface area contributed by atoms with Gasteiger partial charge in [0.2, 0.25) is 5.82 Å². The molecular formula is C10H12ClIN2O2. The number of halogens is 2. The number of rotatable bonds is 1. The van der Waals surface area contributed by atoms with Crippen LogP contribution in [0.1, 0.15) is 37.1 Å². The van der Waals surface area contributed by atoms with E-state index in [9.17, 15) is 4.79 Å². The molecule has 0 amide bonds. The summed E-state index contributed by atoms with van der Waals surface area (Å²) in [5, 5.41) is 0.272. The fraction of sp³-hybridized carbons (Fsp3) is 0.500. The van der Waals surface area contributed by atoms with E-state index in [1.54, 1.807) is 27.7 Å². The number of aromatic nitrogens is 2. The highest BCUT2D eigenvalue weighted by molar-refractivity contribution is 14.1. The SMILES string of the molecule is Cc1nc(C(=O)OC(C)(C)C)nc(Cl)c1I. The van der Waals surface area contributed by atoms with E-state index in [0.717, 1.165) is 3.57 Å². The molecule has 0 radical (unpaired) electrons. The van der Waals surface area contributed by atoms with Crippen molar-refractivity contribution in [3.05, 3.63) is 20.2 Å². The molecule has 0 aromatic carbocycles. The number of ether oxygens (including phenoxy) is 1. The van der Waals surface area contributed by atoms with Gasteiger partial charge in [-0.15, -0.1) is 0 Å². The van der Waals surface area contributed by atoms with Crippen molar-refractivity contribution in [3.63, 3.8) is 0 Å². The van der Waals surface area contributed by atoms with Crippen LogP contribution in [0.5, 0.6) is 0 Å². The highest BCUT2D eigenvalue weighted by Gasteiger charge is 2.21. The molecule has 1 rings (SSSR count). The molecule has 1 aromatic heterocycles. The third-order valence-electron chi connectivity index (χ3n) is 1.56. The van der Waals surface area contributed by atoms with Crippen molar-refractivity contribution in [3.8, 4) is 0 Å². The lowest BCUT2D eigenvalue weighted by Gasteiger charge is -2.18. The van der Waals surface area contributed by atoms with Crippen molar-refractivity contribution in [2.45, 2.75) is 33.3 Å². The molecule has 6 heteroatoms. The van der Waals surface area contributed by atoms with E-state index in [2.05, 4.69) is 9.97 Å². The number of nitrogens with zero attached hydrogens (tertiary/aromatic N) is 2. The smallest absolute Gasteiger partial charge is 0.376 e. The van der Waals surface area contributed by atoms with Gasteiger partial charge in [-0.1, -0.05) is 11.6 Å². The van der Waals surface area contributed by atoms with Crippen molar-refractivity contribution < 1.29 is 9.53 Å². The summed E-state index contributed by atoms with van der Waals surface area (Å²) in [6.45, 7) is 7.12. The van der Waals surface area contributed by atoms with Crippen LogP contribution in [-0.2, 0) is 4.74 Å². The highest BCUT2D eigenvalue weighted by atomic mass is 127. The van der Waals surface area contributed by atoms with Crippen LogP contribution in [0.25, 0.3) is 0 Å². The summed E-state index contributed by atoms with van der Waals surface area (Å²) < 4.78 is 5.89. The Labute approximate surface area is 113 Å². The maximum Gasteiger partial charge on any atom is 0.376 e. The largest absolute Gasteiger partial charge is 0.454 e. The van der Waals surface area contributed by atoms with Gasteiger partial charge in [0.15, 0.2) is 0 Å². The first-order valence-corrected chi connectivity index (χ1v) is 6.09. The first-order chi connectivity index (χ1) is 7.20. The van der Waals surface area contributed by atoms with Crippen LogP contribution in [0.2, 0.25) is 5.15 Å². The normalized spacial score (nSPS) is 11.4. The number of hydrogen-bond acceptors (Lipinski definition) is 4. The van der Waals surface area contributed by atoms with Crippen LogP contribution < -0.4 is 0 Å². The standard InChI is InChI=1S/C10H12ClIN2O2/c1-5-6(12)7(11)14-8(13-5)9(15)16-10(2,3)4/h1-4H3. The van der Waals surface area contributed by atoms with E-state index < -0.39 is 11.6 Å². The lowest BCUT2D eigenvalue weighted by atomic mass is 10.2. The quantitative estimate of drug-likeness (QED) is 0.442. The molecule has 16 heavy (non-hydrogen) atoms. The molecule has 0 bridgehead atoms. The number of aryl methyl sites for hydroxylation is 1. The molecule has 88 valence electrons. The summed E-state index contributed by atoms with van der Waals surface area (Å²) in [4.78, 5) is 19.6. The molecule has 0 N–H and O–H groups in total.